The predicted octanol–water partition coefficient (Wildman–Crippen LogP) is 0.872. The smallest absolute Gasteiger partial charge is 0.268 e. The van der Waals surface area contributed by atoms with Gasteiger partial charge in [0.25, 0.3) is 15.6 Å². The quantitative estimate of drug-likeness (QED) is 0.0307. The fourth-order valence-corrected chi connectivity index (χ4v) is 13.5. The molecule has 3 unspecified atom stereocenters. The maximum atomic E-state index is 12.6. The molecule has 7 heterocycles. The zero-order valence-electron chi connectivity index (χ0n) is 53.3. The van der Waals surface area contributed by atoms with Gasteiger partial charge >= 0.3 is 0 Å². The van der Waals surface area contributed by atoms with Gasteiger partial charge in [0, 0.05) is 54.0 Å². The van der Waals surface area contributed by atoms with Crippen LogP contribution in [-0.4, -0.2) is 256 Å². The molecule has 0 amide bonds. The summed E-state index contributed by atoms with van der Waals surface area (Å²) in [6.45, 7) is 22.0. The van der Waals surface area contributed by atoms with Crippen LogP contribution in [-0.2, 0) is 93.2 Å². The van der Waals surface area contributed by atoms with E-state index in [2.05, 4.69) is 15.1 Å². The number of azide groups is 1. The van der Waals surface area contributed by atoms with Gasteiger partial charge in [-0.05, 0) is 127 Å². The molecule has 0 aromatic rings. The van der Waals surface area contributed by atoms with E-state index >= 15 is 0 Å². The summed E-state index contributed by atoms with van der Waals surface area (Å²) in [4.78, 5) is 39.1. The SMILES string of the molecule is [B][C@H]1C[C@@H](OC(C)C)[C@@H](CO)O1.[B][C@H]1C[C@@H](OC(C)C)[C@@H](COP(=O)([O-])O[C@@H]2C[C@H]([B])O[C@]2(CN)COC(C)C)O1.[B][C@H]1C[C@@H](OC(C)C)[C@@H](COP(=O)([O-])O[C@@H]2C[C@H]([B])O[C@]2(CN=[N+]=[N-])COC(C)C)O1.[B][C@H]1C[C@H]2OP(=O)([O-])NC[C@]2(COC(C)C)O1. The molecule has 0 aromatic carbocycles. The second kappa shape index (κ2) is 36.7. The first-order valence-electron chi connectivity index (χ1n) is 30.1. The largest absolute Gasteiger partial charge is 0.766 e. The van der Waals surface area contributed by atoms with Crippen LogP contribution in [0.2, 0.25) is 0 Å². The molecule has 0 aromatic heterocycles. The van der Waals surface area contributed by atoms with Crippen molar-refractivity contribution < 1.29 is 113 Å². The van der Waals surface area contributed by atoms with Crippen molar-refractivity contribution in [1.82, 2.24) is 5.09 Å². The molecule has 0 aliphatic carbocycles. The molecule has 0 spiro atoms. The monoisotopic (exact) mass is 1320 g/mol. The van der Waals surface area contributed by atoms with E-state index < -0.39 is 107 Å². The van der Waals surface area contributed by atoms with E-state index in [4.69, 9.17) is 143 Å². The Labute approximate surface area is 533 Å². The standard InChI is InChI=1S/C17H30B2N3O8P.C17H32B2NO8P.C9H17BNO5P.C8H15BO3/c1-10(2)25-9-17(8-21-22-20)14(6-16(19)29-17)30-31(23,24)26-7-13-12(27-11(3)4)5-15(18)28-13;1-10(2)23-9-17(8-20)14(6-16(19)27-17)28-29(21,22)24-7-13-12(25-11(3)4)5-15(18)26-13;1-6(2)14-5-9-4-11-17(12,13)16-7(9)3-8(10)15-9;1-5(2)11-6-3-8(9)12-7(6)4-10/h10-16H,5-9H2,1-4H3,(H,23,24);10-16H,5-9,20H2,1-4H3,(H,21,22);6-8H,3-5H2,1-2H3,(H2,11,12,13);5-8,10H,3-4H2,1-2H3/p-3/t2*12-,13-,14-,15-,16-,17-;7-,8-,9-;6-,7-,8-/m1111/s1. The van der Waals surface area contributed by atoms with E-state index in [1.54, 1.807) is 13.8 Å². The van der Waals surface area contributed by atoms with Gasteiger partial charge < -0.3 is 105 Å². The Bertz CT molecular complexity index is 2310. The molecule has 29 nitrogen and oxygen atoms in total. The fourth-order valence-electron chi connectivity index (χ4n) is 10.4. The van der Waals surface area contributed by atoms with Gasteiger partial charge in [0.05, 0.1) is 113 Å². The second-order valence-electron chi connectivity index (χ2n) is 24.3. The molecular weight excluding hydrogens is 1220 g/mol. The van der Waals surface area contributed by atoms with Crippen molar-refractivity contribution in [2.75, 3.05) is 59.3 Å². The Hall–Kier alpha value is -0.530. The molecule has 7 rings (SSSR count). The first-order chi connectivity index (χ1) is 41.4. The van der Waals surface area contributed by atoms with Gasteiger partial charge in [-0.15, -0.1) is 0 Å². The number of fused-ring (bicyclic) bond motifs is 1. The van der Waals surface area contributed by atoms with E-state index in [1.807, 2.05) is 69.2 Å². The number of aliphatic hydroxyl groups excluding tert-OH is 1. The van der Waals surface area contributed by atoms with Crippen LogP contribution >= 0.6 is 23.4 Å². The number of phosphoric ester groups is 2. The lowest BCUT2D eigenvalue weighted by Crippen LogP contribution is -2.57. The molecule has 500 valence electrons. The third-order valence-corrected chi connectivity index (χ3v) is 17.4. The summed E-state index contributed by atoms with van der Waals surface area (Å²) < 4.78 is 129. The first kappa shape index (κ1) is 80.9. The Morgan fingerprint density at radius 3 is 1.43 bits per heavy atom. The van der Waals surface area contributed by atoms with Gasteiger partial charge in [-0.3, -0.25) is 18.8 Å². The summed E-state index contributed by atoms with van der Waals surface area (Å²) in [5.41, 5.74) is 11.2. The third kappa shape index (κ3) is 26.8. The van der Waals surface area contributed by atoms with E-state index in [9.17, 15) is 28.4 Å². The highest BCUT2D eigenvalue weighted by Gasteiger charge is 2.54. The van der Waals surface area contributed by atoms with Crippen LogP contribution < -0.4 is 25.5 Å². The molecule has 89 heavy (non-hydrogen) atoms. The van der Waals surface area contributed by atoms with Crippen molar-refractivity contribution in [2.24, 2.45) is 10.8 Å². The van der Waals surface area contributed by atoms with Crippen molar-refractivity contribution in [3.05, 3.63) is 10.4 Å². The highest BCUT2D eigenvalue weighted by molar-refractivity contribution is 7.49. The maximum absolute atomic E-state index is 12.6. The molecule has 7 fully saturated rings. The number of nitrogens with two attached hydrogens (primary N) is 1. The average molecular weight is 1320 g/mol. The van der Waals surface area contributed by atoms with Crippen molar-refractivity contribution in [3.63, 3.8) is 0 Å². The summed E-state index contributed by atoms with van der Waals surface area (Å²) in [5.74, 6) is 0. The van der Waals surface area contributed by atoms with Crippen molar-refractivity contribution >= 4 is 70.5 Å². The zero-order valence-corrected chi connectivity index (χ0v) is 56.0. The van der Waals surface area contributed by atoms with E-state index in [0.29, 0.717) is 25.7 Å². The molecular formula is C51H91B6N5O24P3-3. The maximum Gasteiger partial charge on any atom is 0.268 e. The summed E-state index contributed by atoms with van der Waals surface area (Å²) in [5, 5.41) is 14.8. The summed E-state index contributed by atoms with van der Waals surface area (Å²) >= 11 is 0. The van der Waals surface area contributed by atoms with Gasteiger partial charge in [-0.25, -0.2) is 0 Å². The minimum absolute atomic E-state index is 0.0227. The number of nitrogens with zero attached hydrogens (tertiary/aromatic N) is 3. The van der Waals surface area contributed by atoms with Crippen molar-refractivity contribution in [3.8, 4) is 0 Å². The number of hydrogen-bond donors (Lipinski definition) is 3. The van der Waals surface area contributed by atoms with E-state index in [1.165, 1.54) is 0 Å². The number of nitrogens with one attached hydrogen (secondary N) is 1. The minimum Gasteiger partial charge on any atom is -0.766 e. The Morgan fingerprint density at radius 2 is 1.01 bits per heavy atom. The molecule has 38 heteroatoms. The van der Waals surface area contributed by atoms with Crippen LogP contribution in [0.1, 0.15) is 122 Å². The van der Waals surface area contributed by atoms with Crippen LogP contribution in [0.5, 0.6) is 0 Å². The third-order valence-electron chi connectivity index (χ3n) is 14.3. The van der Waals surface area contributed by atoms with Gasteiger partial charge in [0.2, 0.25) is 7.75 Å². The van der Waals surface area contributed by atoms with Crippen LogP contribution in [0.4, 0.5) is 0 Å². The number of ether oxygens (including phenoxy) is 12. The van der Waals surface area contributed by atoms with E-state index in [0.717, 1.165) is 0 Å². The van der Waals surface area contributed by atoms with Gasteiger partial charge in [0.1, 0.15) is 88.3 Å². The van der Waals surface area contributed by atoms with Gasteiger partial charge in [0.15, 0.2) is 0 Å². The highest BCUT2D eigenvalue weighted by atomic mass is 31.2. The summed E-state index contributed by atoms with van der Waals surface area (Å²) in [7, 11) is 21.1. The Morgan fingerprint density at radius 1 is 0.618 bits per heavy atom. The molecule has 0 saturated carbocycles. The van der Waals surface area contributed by atoms with E-state index in [-0.39, 0.29) is 133 Å². The van der Waals surface area contributed by atoms with Gasteiger partial charge in [-0.2, -0.15) is 0 Å². The highest BCUT2D eigenvalue weighted by Crippen LogP contribution is 2.50. The van der Waals surface area contributed by atoms with Crippen LogP contribution in [0.15, 0.2) is 5.11 Å². The molecule has 0 bridgehead atoms. The van der Waals surface area contributed by atoms with Gasteiger partial charge in [-0.1, -0.05) is 5.11 Å². The fraction of sp³-hybridized carbons (Fsp3) is 1.00. The second-order valence-corrected chi connectivity index (χ2v) is 28.6. The molecule has 4 N–H and O–H groups in total. The number of hydrogen-bond acceptors (Lipinski definition) is 26. The Balaban J connectivity index is 0.000000268. The topological polar surface area (TPSA) is 384 Å². The molecule has 12 radical (unpaired) electrons. The minimum atomic E-state index is -4.81. The zero-order chi connectivity index (χ0) is 66.9. The van der Waals surface area contributed by atoms with Crippen molar-refractivity contribution in [2.45, 2.75) is 266 Å². The van der Waals surface area contributed by atoms with Crippen LogP contribution in [0.3, 0.4) is 0 Å². The van der Waals surface area contributed by atoms with Crippen LogP contribution in [0.25, 0.3) is 10.4 Å². The first-order valence-corrected chi connectivity index (χ1v) is 34.5. The summed E-state index contributed by atoms with van der Waals surface area (Å²) in [6.07, 6.45) is -3.08. The average Bonchev–Trinajstić information content (AvgIpc) is 1.75. The molecule has 7 aliphatic heterocycles. The van der Waals surface area contributed by atoms with Crippen LogP contribution in [0, 0.1) is 0 Å². The lowest BCUT2D eigenvalue weighted by molar-refractivity contribution is -0.239. The molecule has 7 saturated heterocycles. The number of phosphoric acid groups is 2. The molecule has 21 atom stereocenters. The van der Waals surface area contributed by atoms with Crippen molar-refractivity contribution in [1.29, 1.82) is 0 Å². The number of rotatable bonds is 29. The molecule has 7 aliphatic rings. The summed E-state index contributed by atoms with van der Waals surface area (Å²) in [6, 6.07) is -3.47. The number of aliphatic hydroxyl groups is 1. The predicted molar refractivity (Wildman–Crippen MR) is 322 cm³/mol. The normalized spacial score (nSPS) is 38.2. The lowest BCUT2D eigenvalue weighted by atomic mass is 9.92. The lowest BCUT2D eigenvalue weighted by Gasteiger charge is -2.43. The Kier molecular flexibility index (Phi) is 33.4.